The van der Waals surface area contributed by atoms with Gasteiger partial charge in [-0.3, -0.25) is 0 Å². The average Bonchev–Trinajstić information content (AvgIpc) is 2.52. The summed E-state index contributed by atoms with van der Waals surface area (Å²) in [4.78, 5) is 14.6. The standard InChI is InChI=1S/C6H7N6.W/c1-8-6-11-4(7)3-5(12-6)10-2-9-3;/h2H,1H3,(H3-,7,8,9,10,11,12);/q-1;. The molecule has 0 saturated carbocycles. The Morgan fingerprint density at radius 1 is 1.46 bits per heavy atom. The maximum Gasteiger partial charge on any atom is 0.178 e. The van der Waals surface area contributed by atoms with E-state index in [9.17, 15) is 0 Å². The third kappa shape index (κ3) is 1.62. The van der Waals surface area contributed by atoms with Crippen molar-refractivity contribution in [3.8, 4) is 0 Å². The van der Waals surface area contributed by atoms with E-state index in [-0.39, 0.29) is 26.9 Å². The van der Waals surface area contributed by atoms with Crippen LogP contribution in [0.5, 0.6) is 0 Å². The molecule has 0 aliphatic rings. The van der Waals surface area contributed by atoms with E-state index in [2.05, 4.69) is 25.3 Å². The molecule has 3 N–H and O–H groups in total. The maximum absolute atomic E-state index is 7.46. The Labute approximate surface area is 88.6 Å². The van der Waals surface area contributed by atoms with Crippen molar-refractivity contribution in [2.75, 3.05) is 12.4 Å². The van der Waals surface area contributed by atoms with Gasteiger partial charge < -0.3 is 21.0 Å². The Hall–Kier alpha value is -1.16. The second kappa shape index (κ2) is 3.70. The quantitative estimate of drug-likeness (QED) is 0.808. The van der Waals surface area contributed by atoms with E-state index in [1.807, 2.05) is 0 Å². The molecule has 0 saturated heterocycles. The average molecular weight is 347 g/mol. The first kappa shape index (κ1) is 9.92. The number of hydrogen-bond donors (Lipinski definition) is 2. The zero-order valence-corrected chi connectivity index (χ0v) is 9.76. The van der Waals surface area contributed by atoms with Crippen LogP contribution in [0.3, 0.4) is 0 Å². The molecule has 13 heavy (non-hydrogen) atoms. The molecule has 0 atom stereocenters. The number of aromatic amines is 1. The number of nitrogens with one attached hydrogen (secondary N) is 3. The number of rotatable bonds is 1. The second-order valence-electron chi connectivity index (χ2n) is 2.25. The van der Waals surface area contributed by atoms with Crippen molar-refractivity contribution >= 4 is 22.9 Å². The summed E-state index contributed by atoms with van der Waals surface area (Å²) >= 11 is 0. The molecule has 0 fully saturated rings. The first-order valence-electron chi connectivity index (χ1n) is 3.41. The molecule has 2 heterocycles. The third-order valence-corrected chi connectivity index (χ3v) is 1.51. The Morgan fingerprint density at radius 3 is 2.92 bits per heavy atom. The third-order valence-electron chi connectivity index (χ3n) is 1.51. The largest absolute Gasteiger partial charge is 0.480 e. The van der Waals surface area contributed by atoms with E-state index in [0.717, 1.165) is 0 Å². The summed E-state index contributed by atoms with van der Waals surface area (Å²) in [5.41, 5.74) is 8.54. The fraction of sp³-hybridized carbons (Fsp3) is 0.167. The topological polar surface area (TPSA) is 90.3 Å². The summed E-state index contributed by atoms with van der Waals surface area (Å²) in [6, 6.07) is 0. The maximum atomic E-state index is 7.46. The first-order valence-corrected chi connectivity index (χ1v) is 3.41. The van der Waals surface area contributed by atoms with Gasteiger partial charge in [0.05, 0.1) is 11.8 Å². The fourth-order valence-corrected chi connectivity index (χ4v) is 0.945. The number of aromatic nitrogens is 4. The van der Waals surface area contributed by atoms with E-state index in [1.54, 1.807) is 7.05 Å². The summed E-state index contributed by atoms with van der Waals surface area (Å²) in [5.74, 6) is 0.571. The van der Waals surface area contributed by atoms with Crippen LogP contribution in [0.25, 0.3) is 16.9 Å². The SMILES string of the molecule is CNc1nc([NH-])c2[nH]cnc2n1.[W]. The molecule has 0 aliphatic heterocycles. The summed E-state index contributed by atoms with van der Waals surface area (Å²) < 4.78 is 0. The van der Waals surface area contributed by atoms with Crippen LogP contribution in [0.15, 0.2) is 6.33 Å². The zero-order chi connectivity index (χ0) is 8.55. The molecule has 0 amide bonds. The van der Waals surface area contributed by atoms with Gasteiger partial charge in [-0.15, -0.1) is 0 Å². The van der Waals surface area contributed by atoms with Gasteiger partial charge >= 0.3 is 0 Å². The van der Waals surface area contributed by atoms with Crippen molar-refractivity contribution in [2.45, 2.75) is 0 Å². The van der Waals surface area contributed by atoms with Crippen LogP contribution in [0.2, 0.25) is 0 Å². The van der Waals surface area contributed by atoms with Crippen LogP contribution in [-0.2, 0) is 21.1 Å². The first-order chi connectivity index (χ1) is 5.81. The van der Waals surface area contributed by atoms with Gasteiger partial charge in [-0.1, -0.05) is 0 Å². The monoisotopic (exact) mass is 347 g/mol. The van der Waals surface area contributed by atoms with Crippen LogP contribution >= 0.6 is 0 Å². The van der Waals surface area contributed by atoms with Gasteiger partial charge in [-0.2, -0.15) is 0 Å². The Morgan fingerprint density at radius 2 is 2.23 bits per heavy atom. The normalized spacial score (nSPS) is 9.62. The minimum Gasteiger partial charge on any atom is -0.480 e. The number of H-pyrrole nitrogens is 1. The molecule has 0 bridgehead atoms. The molecule has 0 unspecified atom stereocenters. The van der Waals surface area contributed by atoms with Gasteiger partial charge in [0.25, 0.3) is 0 Å². The van der Waals surface area contributed by atoms with Gasteiger partial charge in [-0.05, 0) is 5.82 Å². The van der Waals surface area contributed by atoms with Crippen LogP contribution in [0, 0.1) is 0 Å². The van der Waals surface area contributed by atoms with Gasteiger partial charge in [0.2, 0.25) is 0 Å². The summed E-state index contributed by atoms with van der Waals surface area (Å²) in [7, 11) is 1.70. The number of hydrogen-bond acceptors (Lipinski definition) is 4. The Bertz CT molecular complexity index is 410. The molecule has 6 nitrogen and oxygen atoms in total. The van der Waals surface area contributed by atoms with Crippen LogP contribution in [0.4, 0.5) is 11.8 Å². The van der Waals surface area contributed by atoms with E-state index < -0.39 is 0 Å². The predicted molar refractivity (Wildman–Crippen MR) is 45.2 cm³/mol. The summed E-state index contributed by atoms with van der Waals surface area (Å²) in [6.45, 7) is 0. The van der Waals surface area contributed by atoms with E-state index in [1.165, 1.54) is 6.33 Å². The molecule has 0 aliphatic carbocycles. The van der Waals surface area contributed by atoms with E-state index in [0.29, 0.717) is 17.1 Å². The summed E-state index contributed by atoms with van der Waals surface area (Å²) in [6.07, 6.45) is 1.50. The molecule has 68 valence electrons. The van der Waals surface area contributed by atoms with Crippen molar-refractivity contribution in [2.24, 2.45) is 0 Å². The minimum atomic E-state index is 0. The fourth-order valence-electron chi connectivity index (χ4n) is 0.945. The second-order valence-corrected chi connectivity index (χ2v) is 2.25. The Kier molecular flexibility index (Phi) is 2.82. The van der Waals surface area contributed by atoms with Gasteiger partial charge in [0, 0.05) is 28.1 Å². The molecule has 0 aromatic carbocycles. The number of anilines is 1. The van der Waals surface area contributed by atoms with Crippen molar-refractivity contribution < 1.29 is 21.1 Å². The van der Waals surface area contributed by atoms with Crippen LogP contribution in [0.1, 0.15) is 0 Å². The molecule has 2 aromatic heterocycles. The number of fused-ring (bicyclic) bond motifs is 1. The molecule has 2 aromatic rings. The molecule has 7 heteroatoms. The van der Waals surface area contributed by atoms with Crippen molar-refractivity contribution in [3.05, 3.63) is 12.1 Å². The van der Waals surface area contributed by atoms with Crippen LogP contribution < -0.4 is 5.32 Å². The number of imidazole rings is 1. The molecule has 0 spiro atoms. The van der Waals surface area contributed by atoms with Crippen molar-refractivity contribution in [1.82, 2.24) is 19.9 Å². The minimum absolute atomic E-state index is 0. The van der Waals surface area contributed by atoms with E-state index >= 15 is 0 Å². The van der Waals surface area contributed by atoms with Crippen molar-refractivity contribution in [3.63, 3.8) is 0 Å². The van der Waals surface area contributed by atoms with Gasteiger partial charge in [0.1, 0.15) is 5.95 Å². The molecule has 2 rings (SSSR count). The van der Waals surface area contributed by atoms with Crippen molar-refractivity contribution in [1.29, 1.82) is 0 Å². The summed E-state index contributed by atoms with van der Waals surface area (Å²) in [5, 5.41) is 2.75. The predicted octanol–water partition coefficient (Wildman–Crippen LogP) is 1.08. The van der Waals surface area contributed by atoms with Gasteiger partial charge in [-0.25, -0.2) is 9.97 Å². The molecular weight excluding hydrogens is 340 g/mol. The van der Waals surface area contributed by atoms with E-state index in [4.69, 9.17) is 5.73 Å². The Balaban J connectivity index is 0.000000845. The van der Waals surface area contributed by atoms with Gasteiger partial charge in [0.15, 0.2) is 5.65 Å². The number of nitrogens with zero attached hydrogens (tertiary/aromatic N) is 3. The smallest absolute Gasteiger partial charge is 0.178 e. The van der Waals surface area contributed by atoms with Crippen LogP contribution in [-0.4, -0.2) is 27.0 Å². The zero-order valence-electron chi connectivity index (χ0n) is 6.83. The molecule has 0 radical (unpaired) electrons. The molecular formula is C6H7N6W-.